The Bertz CT molecular complexity index is 1100. The molecule has 2 atom stereocenters. The highest BCUT2D eigenvalue weighted by Crippen LogP contribution is 2.47. The van der Waals surface area contributed by atoms with Crippen molar-refractivity contribution in [3.63, 3.8) is 0 Å². The summed E-state index contributed by atoms with van der Waals surface area (Å²) in [5, 5.41) is 5.00. The first-order valence-electron chi connectivity index (χ1n) is 8.45. The molecule has 2 unspecified atom stereocenters. The van der Waals surface area contributed by atoms with Gasteiger partial charge < -0.3 is 0 Å². The minimum Gasteiger partial charge on any atom is -0.297 e. The standard InChI is InChI=1S/C20H12Cl2N2O3S2/c21-12-6-4-11(5-7-12)16-18(29-20-15(23-27)8-9-28-20)17(25)19(26)24(16)14-3-1-2-13(22)10-14/h1-10,16,18H. The van der Waals surface area contributed by atoms with Crippen LogP contribution in [-0.4, -0.2) is 16.9 Å². The van der Waals surface area contributed by atoms with Crippen LogP contribution in [0.2, 0.25) is 10.0 Å². The number of amides is 1. The first-order valence-corrected chi connectivity index (χ1v) is 11.0. The van der Waals surface area contributed by atoms with E-state index in [1.165, 1.54) is 28.0 Å². The molecule has 9 heteroatoms. The van der Waals surface area contributed by atoms with Gasteiger partial charge in [0.05, 0.1) is 10.3 Å². The number of hydrogen-bond donors (Lipinski definition) is 0. The van der Waals surface area contributed by atoms with Gasteiger partial charge in [-0.2, -0.15) is 0 Å². The Labute approximate surface area is 184 Å². The molecule has 1 aliphatic heterocycles. The molecule has 0 radical (unpaired) electrons. The second kappa shape index (κ2) is 8.28. The monoisotopic (exact) mass is 462 g/mol. The number of carbonyl (C=O) groups excluding carboxylic acids is 2. The summed E-state index contributed by atoms with van der Waals surface area (Å²) >= 11 is 14.6. The lowest BCUT2D eigenvalue weighted by atomic mass is 10.0. The van der Waals surface area contributed by atoms with Crippen LogP contribution < -0.4 is 4.90 Å². The third-order valence-corrected chi connectivity index (χ3v) is 7.40. The van der Waals surface area contributed by atoms with E-state index in [2.05, 4.69) is 5.18 Å². The summed E-state index contributed by atoms with van der Waals surface area (Å²) < 4.78 is 0.595. The number of carbonyl (C=O) groups is 2. The fourth-order valence-corrected chi connectivity index (χ4v) is 5.84. The van der Waals surface area contributed by atoms with E-state index in [0.29, 0.717) is 19.9 Å². The second-order valence-electron chi connectivity index (χ2n) is 6.24. The molecule has 29 heavy (non-hydrogen) atoms. The summed E-state index contributed by atoms with van der Waals surface area (Å²) in [6.45, 7) is 0. The van der Waals surface area contributed by atoms with Crippen LogP contribution in [0.1, 0.15) is 11.6 Å². The maximum absolute atomic E-state index is 13.0. The van der Waals surface area contributed by atoms with E-state index < -0.39 is 23.0 Å². The number of thioether (sulfide) groups is 1. The van der Waals surface area contributed by atoms with Gasteiger partial charge in [-0.3, -0.25) is 14.5 Å². The maximum Gasteiger partial charge on any atom is 0.296 e. The van der Waals surface area contributed by atoms with Gasteiger partial charge in [-0.15, -0.1) is 16.2 Å². The largest absolute Gasteiger partial charge is 0.297 e. The zero-order chi connectivity index (χ0) is 20.5. The van der Waals surface area contributed by atoms with Crippen LogP contribution in [0, 0.1) is 4.91 Å². The Morgan fingerprint density at radius 1 is 1.00 bits per heavy atom. The van der Waals surface area contributed by atoms with Gasteiger partial charge in [0.2, 0.25) is 5.78 Å². The van der Waals surface area contributed by atoms with E-state index in [1.54, 1.807) is 60.0 Å². The lowest BCUT2D eigenvalue weighted by molar-refractivity contribution is -0.133. The third-order valence-electron chi connectivity index (χ3n) is 4.49. The molecule has 2 aromatic carbocycles. The van der Waals surface area contributed by atoms with E-state index in [4.69, 9.17) is 23.2 Å². The van der Waals surface area contributed by atoms with E-state index in [9.17, 15) is 14.5 Å². The van der Waals surface area contributed by atoms with E-state index in [0.717, 1.165) is 5.56 Å². The van der Waals surface area contributed by atoms with Gasteiger partial charge in [-0.05, 0) is 52.5 Å². The normalized spacial score (nSPS) is 19.0. The number of nitrogens with zero attached hydrogens (tertiary/aromatic N) is 2. The maximum atomic E-state index is 13.0. The second-order valence-corrected chi connectivity index (χ2v) is 9.44. The molecule has 0 N–H and O–H groups in total. The molecule has 0 bridgehead atoms. The molecule has 1 fully saturated rings. The average Bonchev–Trinajstić information content (AvgIpc) is 3.26. The average molecular weight is 463 g/mol. The summed E-state index contributed by atoms with van der Waals surface area (Å²) in [7, 11) is 0. The Hall–Kier alpha value is -2.19. The number of halogens is 2. The molecule has 5 nitrogen and oxygen atoms in total. The summed E-state index contributed by atoms with van der Waals surface area (Å²) in [6, 6.07) is 14.8. The predicted molar refractivity (Wildman–Crippen MR) is 118 cm³/mol. The smallest absolute Gasteiger partial charge is 0.296 e. The topological polar surface area (TPSA) is 66.8 Å². The number of thiophene rings is 1. The molecule has 1 aromatic heterocycles. The van der Waals surface area contributed by atoms with Crippen LogP contribution in [0.25, 0.3) is 0 Å². The van der Waals surface area contributed by atoms with Crippen molar-refractivity contribution in [1.82, 2.24) is 0 Å². The SMILES string of the molecule is O=Nc1ccsc1SC1C(=O)C(=O)N(c2cccc(Cl)c2)C1c1ccc(Cl)cc1. The number of anilines is 1. The minimum absolute atomic E-state index is 0.260. The first-order chi connectivity index (χ1) is 14.0. The van der Waals surface area contributed by atoms with Crippen LogP contribution in [0.15, 0.2) is 69.4 Å². The minimum atomic E-state index is -0.748. The zero-order valence-electron chi connectivity index (χ0n) is 14.6. The molecular weight excluding hydrogens is 451 g/mol. The van der Waals surface area contributed by atoms with Crippen molar-refractivity contribution < 1.29 is 9.59 Å². The van der Waals surface area contributed by atoms with Gasteiger partial charge in [-0.25, -0.2) is 0 Å². The Morgan fingerprint density at radius 3 is 2.45 bits per heavy atom. The van der Waals surface area contributed by atoms with Crippen LogP contribution in [-0.2, 0) is 9.59 Å². The van der Waals surface area contributed by atoms with Gasteiger partial charge in [0.15, 0.2) is 0 Å². The molecule has 1 aliphatic rings. The van der Waals surface area contributed by atoms with Crippen LogP contribution in [0.5, 0.6) is 0 Å². The summed E-state index contributed by atoms with van der Waals surface area (Å²) in [4.78, 5) is 38.5. The number of nitroso groups, excluding NO2 is 1. The third kappa shape index (κ3) is 3.83. The van der Waals surface area contributed by atoms with Gasteiger partial charge in [0.25, 0.3) is 5.91 Å². The highest BCUT2D eigenvalue weighted by molar-refractivity contribution is 8.02. The first kappa shape index (κ1) is 20.1. The van der Waals surface area contributed by atoms with Crippen LogP contribution >= 0.6 is 46.3 Å². The van der Waals surface area contributed by atoms with Gasteiger partial charge in [-0.1, -0.05) is 53.2 Å². The molecule has 0 spiro atoms. The molecule has 146 valence electrons. The van der Waals surface area contributed by atoms with Crippen molar-refractivity contribution in [2.24, 2.45) is 5.18 Å². The van der Waals surface area contributed by atoms with Gasteiger partial charge >= 0.3 is 0 Å². The molecule has 2 heterocycles. The van der Waals surface area contributed by atoms with Crippen molar-refractivity contribution in [3.8, 4) is 0 Å². The Balaban J connectivity index is 1.82. The molecule has 0 saturated carbocycles. The zero-order valence-corrected chi connectivity index (χ0v) is 17.8. The number of rotatable bonds is 5. The van der Waals surface area contributed by atoms with E-state index in [-0.39, 0.29) is 5.69 Å². The molecule has 1 amide bonds. The number of Topliss-reactive ketones (excluding diaryl/α,β-unsaturated/α-hetero) is 1. The van der Waals surface area contributed by atoms with Crippen LogP contribution in [0.4, 0.5) is 11.4 Å². The highest BCUT2D eigenvalue weighted by atomic mass is 35.5. The van der Waals surface area contributed by atoms with Crippen molar-refractivity contribution in [1.29, 1.82) is 0 Å². The summed E-state index contributed by atoms with van der Waals surface area (Å²) in [5.74, 6) is -1.16. The van der Waals surface area contributed by atoms with Gasteiger partial charge in [0, 0.05) is 15.7 Å². The van der Waals surface area contributed by atoms with Crippen molar-refractivity contribution in [2.45, 2.75) is 15.5 Å². The predicted octanol–water partition coefficient (Wildman–Crippen LogP) is 6.27. The summed E-state index contributed by atoms with van der Waals surface area (Å²) in [6.07, 6.45) is 0. The molecule has 0 aliphatic carbocycles. The number of ketones is 1. The van der Waals surface area contributed by atoms with Crippen molar-refractivity contribution in [3.05, 3.63) is 80.5 Å². The highest BCUT2D eigenvalue weighted by Gasteiger charge is 2.49. The fraction of sp³-hybridized carbons (Fsp3) is 0.100. The number of hydrogen-bond acceptors (Lipinski definition) is 6. The van der Waals surface area contributed by atoms with Crippen molar-refractivity contribution in [2.75, 3.05) is 4.90 Å². The quantitative estimate of drug-likeness (QED) is 0.330. The molecule has 4 rings (SSSR count). The van der Waals surface area contributed by atoms with Crippen molar-refractivity contribution >= 4 is 69.4 Å². The molecule has 1 saturated heterocycles. The van der Waals surface area contributed by atoms with E-state index >= 15 is 0 Å². The van der Waals surface area contributed by atoms with Crippen LogP contribution in [0.3, 0.4) is 0 Å². The van der Waals surface area contributed by atoms with Gasteiger partial charge in [0.1, 0.15) is 10.9 Å². The Kier molecular flexibility index (Phi) is 5.74. The Morgan fingerprint density at radius 2 is 1.76 bits per heavy atom. The lowest BCUT2D eigenvalue weighted by Gasteiger charge is -2.27. The van der Waals surface area contributed by atoms with E-state index in [1.807, 2.05) is 0 Å². The fourth-order valence-electron chi connectivity index (χ4n) is 3.21. The molecule has 3 aromatic rings. The lowest BCUT2D eigenvalue weighted by Crippen LogP contribution is -2.29. The molecular formula is C20H12Cl2N2O3S2. The number of benzene rings is 2. The summed E-state index contributed by atoms with van der Waals surface area (Å²) in [5.41, 5.74) is 1.54.